The average Bonchev–Trinajstić information content (AvgIpc) is 3.28. The fraction of sp³-hybridized carbons (Fsp3) is 0.267. The van der Waals surface area contributed by atoms with E-state index in [9.17, 15) is 14.0 Å². The first kappa shape index (κ1) is 22.5. The van der Waals surface area contributed by atoms with E-state index >= 15 is 0 Å². The molecule has 1 saturated heterocycles. The maximum atomic E-state index is 14.1. The summed E-state index contributed by atoms with van der Waals surface area (Å²) in [6, 6.07) is 22.8. The molecule has 3 aromatic carbocycles. The van der Waals surface area contributed by atoms with E-state index in [0.717, 1.165) is 33.3 Å². The van der Waals surface area contributed by atoms with Crippen molar-refractivity contribution in [2.24, 2.45) is 0 Å². The van der Waals surface area contributed by atoms with Gasteiger partial charge in [0.2, 0.25) is 5.91 Å². The van der Waals surface area contributed by atoms with Gasteiger partial charge in [-0.25, -0.2) is 4.39 Å². The number of aromatic nitrogens is 1. The first-order valence-corrected chi connectivity index (χ1v) is 12.4. The standard InChI is InChI=1S/C30H28FN3O2/c1-19-7-11-21(12-8-19)24-17-34-26(35)18-33(16-15-20-9-13-22(31)14-10-20)29(36)30(34,2)28-27(24)23-5-3-4-6-25(23)32-28/h3-14,24,32H,15-18H2,1-2H3. The number of hydrogen-bond donors (Lipinski definition) is 1. The van der Waals surface area contributed by atoms with Gasteiger partial charge in [-0.15, -0.1) is 0 Å². The summed E-state index contributed by atoms with van der Waals surface area (Å²) in [6.07, 6.45) is 0.556. The second-order valence-electron chi connectivity index (χ2n) is 10.1. The predicted octanol–water partition coefficient (Wildman–Crippen LogP) is 4.89. The van der Waals surface area contributed by atoms with Gasteiger partial charge in [-0.05, 0) is 55.2 Å². The van der Waals surface area contributed by atoms with Crippen LogP contribution in [0.4, 0.5) is 4.39 Å². The first-order valence-electron chi connectivity index (χ1n) is 12.4. The molecule has 2 aliphatic heterocycles. The minimum atomic E-state index is -1.12. The number of carbonyl (C=O) groups is 2. The molecule has 2 atom stereocenters. The van der Waals surface area contributed by atoms with Gasteiger partial charge in [0, 0.05) is 29.9 Å². The van der Waals surface area contributed by atoms with Gasteiger partial charge in [-0.1, -0.05) is 60.2 Å². The highest BCUT2D eigenvalue weighted by Crippen LogP contribution is 2.48. The number of carbonyl (C=O) groups excluding carboxylic acids is 2. The Morgan fingerprint density at radius 3 is 2.47 bits per heavy atom. The largest absolute Gasteiger partial charge is 0.356 e. The number of nitrogens with one attached hydrogen (secondary N) is 1. The van der Waals surface area contributed by atoms with Crippen LogP contribution in [-0.4, -0.2) is 46.2 Å². The summed E-state index contributed by atoms with van der Waals surface area (Å²) >= 11 is 0. The summed E-state index contributed by atoms with van der Waals surface area (Å²) in [4.78, 5) is 34.6. The molecule has 6 rings (SSSR count). The minimum absolute atomic E-state index is 0.0349. The summed E-state index contributed by atoms with van der Waals surface area (Å²) in [5.74, 6) is -0.466. The Balaban J connectivity index is 1.43. The number of piperazine rings is 1. The quantitative estimate of drug-likeness (QED) is 0.451. The van der Waals surface area contributed by atoms with Gasteiger partial charge >= 0.3 is 0 Å². The second-order valence-corrected chi connectivity index (χ2v) is 10.1. The lowest BCUT2D eigenvalue weighted by Gasteiger charge is -2.51. The van der Waals surface area contributed by atoms with Crippen molar-refractivity contribution in [3.8, 4) is 0 Å². The number of aryl methyl sites for hydroxylation is 1. The maximum Gasteiger partial charge on any atom is 0.254 e. The first-order chi connectivity index (χ1) is 17.4. The molecule has 0 radical (unpaired) electrons. The van der Waals surface area contributed by atoms with Crippen molar-refractivity contribution in [3.63, 3.8) is 0 Å². The normalized spacial score (nSPS) is 21.6. The van der Waals surface area contributed by atoms with Crippen molar-refractivity contribution in [2.45, 2.75) is 31.7 Å². The zero-order valence-corrected chi connectivity index (χ0v) is 20.4. The summed E-state index contributed by atoms with van der Waals surface area (Å²) in [6.45, 7) is 4.83. The molecule has 2 amide bonds. The molecule has 1 N–H and O–H groups in total. The van der Waals surface area contributed by atoms with Gasteiger partial charge in [0.25, 0.3) is 5.91 Å². The van der Waals surface area contributed by atoms with E-state index in [1.54, 1.807) is 21.9 Å². The number of H-pyrrole nitrogens is 1. The number of amides is 2. The van der Waals surface area contributed by atoms with E-state index in [0.29, 0.717) is 19.5 Å². The summed E-state index contributed by atoms with van der Waals surface area (Å²) in [5, 5.41) is 1.09. The Hall–Kier alpha value is -3.93. The van der Waals surface area contributed by atoms with E-state index in [1.807, 2.05) is 25.1 Å². The fourth-order valence-electron chi connectivity index (χ4n) is 5.87. The van der Waals surface area contributed by atoms with E-state index in [1.165, 1.54) is 17.7 Å². The molecule has 0 bridgehead atoms. The topological polar surface area (TPSA) is 56.4 Å². The zero-order chi connectivity index (χ0) is 25.0. The third-order valence-electron chi connectivity index (χ3n) is 7.88. The van der Waals surface area contributed by atoms with Crippen LogP contribution in [0.3, 0.4) is 0 Å². The molecular weight excluding hydrogens is 453 g/mol. The van der Waals surface area contributed by atoms with Crippen molar-refractivity contribution in [2.75, 3.05) is 19.6 Å². The third-order valence-corrected chi connectivity index (χ3v) is 7.88. The Morgan fingerprint density at radius 1 is 1.00 bits per heavy atom. The number of nitrogens with zero attached hydrogens (tertiary/aromatic N) is 2. The zero-order valence-electron chi connectivity index (χ0n) is 20.4. The Kier molecular flexibility index (Phi) is 5.21. The second kappa shape index (κ2) is 8.33. The van der Waals surface area contributed by atoms with E-state index < -0.39 is 5.54 Å². The molecule has 182 valence electrons. The van der Waals surface area contributed by atoms with Crippen molar-refractivity contribution in [3.05, 3.63) is 107 Å². The van der Waals surface area contributed by atoms with E-state index in [4.69, 9.17) is 0 Å². The van der Waals surface area contributed by atoms with Crippen LogP contribution in [-0.2, 0) is 21.5 Å². The van der Waals surface area contributed by atoms with Crippen LogP contribution in [0.25, 0.3) is 10.9 Å². The number of rotatable bonds is 4. The molecule has 0 saturated carbocycles. The Bertz CT molecular complexity index is 1470. The van der Waals surface area contributed by atoms with Gasteiger partial charge in [0.1, 0.15) is 5.82 Å². The van der Waals surface area contributed by atoms with Gasteiger partial charge in [-0.3, -0.25) is 9.59 Å². The SMILES string of the molecule is Cc1ccc(C2CN3C(=O)CN(CCc4ccc(F)cc4)C(=O)C3(C)c3[nH]c4ccccc4c32)cc1. The summed E-state index contributed by atoms with van der Waals surface area (Å²) < 4.78 is 13.3. The fourth-order valence-corrected chi connectivity index (χ4v) is 5.87. The highest BCUT2D eigenvalue weighted by Gasteiger charge is 2.56. The average molecular weight is 482 g/mol. The number of aromatic amines is 1. The molecule has 1 aromatic heterocycles. The lowest BCUT2D eigenvalue weighted by molar-refractivity contribution is -0.166. The highest BCUT2D eigenvalue weighted by atomic mass is 19.1. The van der Waals surface area contributed by atoms with Gasteiger partial charge in [0.15, 0.2) is 5.54 Å². The van der Waals surface area contributed by atoms with Crippen LogP contribution >= 0.6 is 0 Å². The predicted molar refractivity (Wildman–Crippen MR) is 137 cm³/mol. The lowest BCUT2D eigenvalue weighted by atomic mass is 9.76. The van der Waals surface area contributed by atoms with Crippen LogP contribution < -0.4 is 0 Å². The van der Waals surface area contributed by atoms with Crippen molar-refractivity contribution >= 4 is 22.7 Å². The number of fused-ring (bicyclic) bond motifs is 5. The molecule has 0 aliphatic carbocycles. The van der Waals surface area contributed by atoms with Crippen LogP contribution in [0, 0.1) is 12.7 Å². The molecule has 3 heterocycles. The number of halogens is 1. The van der Waals surface area contributed by atoms with Crippen molar-refractivity contribution < 1.29 is 14.0 Å². The Morgan fingerprint density at radius 2 is 1.72 bits per heavy atom. The van der Waals surface area contributed by atoms with Crippen LogP contribution in [0.2, 0.25) is 0 Å². The lowest BCUT2D eigenvalue weighted by Crippen LogP contribution is -2.67. The van der Waals surface area contributed by atoms with Crippen molar-refractivity contribution in [1.82, 2.24) is 14.8 Å². The van der Waals surface area contributed by atoms with Gasteiger partial charge < -0.3 is 14.8 Å². The van der Waals surface area contributed by atoms with Crippen LogP contribution in [0.1, 0.15) is 40.8 Å². The summed E-state index contributed by atoms with van der Waals surface area (Å²) in [5.41, 5.74) is 4.98. The molecule has 4 aromatic rings. The molecular formula is C30H28FN3O2. The van der Waals surface area contributed by atoms with Crippen LogP contribution in [0.15, 0.2) is 72.8 Å². The monoisotopic (exact) mass is 481 g/mol. The smallest absolute Gasteiger partial charge is 0.254 e. The molecule has 2 unspecified atom stereocenters. The minimum Gasteiger partial charge on any atom is -0.356 e. The van der Waals surface area contributed by atoms with Crippen molar-refractivity contribution in [1.29, 1.82) is 0 Å². The summed E-state index contributed by atoms with van der Waals surface area (Å²) in [7, 11) is 0. The van der Waals surface area contributed by atoms with Gasteiger partial charge in [0.05, 0.1) is 12.2 Å². The molecule has 5 nitrogen and oxygen atoms in total. The molecule has 1 fully saturated rings. The highest BCUT2D eigenvalue weighted by molar-refractivity contribution is 6.01. The van der Waals surface area contributed by atoms with Crippen LogP contribution in [0.5, 0.6) is 0 Å². The number of hydrogen-bond acceptors (Lipinski definition) is 2. The molecule has 2 aliphatic rings. The molecule has 36 heavy (non-hydrogen) atoms. The third kappa shape index (κ3) is 3.43. The van der Waals surface area contributed by atoms with Gasteiger partial charge in [-0.2, -0.15) is 0 Å². The Labute approximate surface area is 209 Å². The van der Waals surface area contributed by atoms with E-state index in [-0.39, 0.29) is 30.1 Å². The number of para-hydroxylation sites is 1. The van der Waals surface area contributed by atoms with E-state index in [2.05, 4.69) is 42.2 Å². The molecule has 6 heteroatoms. The maximum absolute atomic E-state index is 14.1. The number of benzene rings is 3. The molecule has 0 spiro atoms.